The van der Waals surface area contributed by atoms with Gasteiger partial charge in [0.2, 0.25) is 0 Å². The van der Waals surface area contributed by atoms with E-state index in [1.807, 2.05) is 0 Å². The van der Waals surface area contributed by atoms with Crippen LogP contribution >= 0.6 is 24.8 Å². The van der Waals surface area contributed by atoms with Crippen molar-refractivity contribution in [3.8, 4) is 0 Å². The molecule has 0 radical (unpaired) electrons. The van der Waals surface area contributed by atoms with Crippen LogP contribution < -0.4 is 22.1 Å². The van der Waals surface area contributed by atoms with Gasteiger partial charge >= 0.3 is 0 Å². The standard InChI is InChI=1S/C20H24N6O2.2ClH/c21-17(22)13-3-7-15(8-4-13)19(27)25-11-1-2-12-26-20(28)16-9-5-14(6-10-16)18(23)24;;/h3-10H,1-2,11-12H2,(H3,21,22)(H3,23,24)(H,25,27)(H,26,28);2*1H. The quantitative estimate of drug-likeness (QED) is 0.195. The van der Waals surface area contributed by atoms with E-state index in [1.54, 1.807) is 48.5 Å². The molecule has 0 spiro atoms. The summed E-state index contributed by atoms with van der Waals surface area (Å²) in [7, 11) is 0. The first-order chi connectivity index (χ1) is 13.4. The van der Waals surface area contributed by atoms with Crippen LogP contribution in [0, 0.1) is 10.8 Å². The number of benzene rings is 2. The van der Waals surface area contributed by atoms with Crippen LogP contribution in [0.5, 0.6) is 0 Å². The number of nitrogens with two attached hydrogens (primary N) is 2. The molecule has 0 unspecified atom stereocenters. The zero-order chi connectivity index (χ0) is 20.5. The Morgan fingerprint density at radius 3 is 1.17 bits per heavy atom. The lowest BCUT2D eigenvalue weighted by Gasteiger charge is -2.08. The Morgan fingerprint density at radius 2 is 0.900 bits per heavy atom. The van der Waals surface area contributed by atoms with E-state index in [-0.39, 0.29) is 48.3 Å². The van der Waals surface area contributed by atoms with Gasteiger partial charge in [0.15, 0.2) is 0 Å². The minimum Gasteiger partial charge on any atom is -0.384 e. The number of unbranched alkanes of at least 4 members (excludes halogenated alkanes) is 1. The topological polar surface area (TPSA) is 158 Å². The van der Waals surface area contributed by atoms with Gasteiger partial charge in [-0.3, -0.25) is 20.4 Å². The third-order valence-corrected chi connectivity index (χ3v) is 4.09. The number of nitrogen functional groups attached to an aromatic ring is 2. The Bertz CT molecular complexity index is 796. The average Bonchev–Trinajstić information content (AvgIpc) is 2.70. The lowest BCUT2D eigenvalue weighted by molar-refractivity contribution is 0.0939. The first kappa shape index (κ1) is 26.9. The van der Waals surface area contributed by atoms with Crippen molar-refractivity contribution in [2.75, 3.05) is 13.1 Å². The SMILES string of the molecule is Cl.Cl.N=C(N)c1ccc(C(=O)NCCCCNC(=O)c2ccc(C(=N)N)cc2)cc1. The van der Waals surface area contributed by atoms with Crippen molar-refractivity contribution in [2.24, 2.45) is 11.5 Å². The fraction of sp³-hybridized carbons (Fsp3) is 0.200. The highest BCUT2D eigenvalue weighted by Crippen LogP contribution is 2.05. The van der Waals surface area contributed by atoms with Crippen LogP contribution in [0.4, 0.5) is 0 Å². The summed E-state index contributed by atoms with van der Waals surface area (Å²) >= 11 is 0. The van der Waals surface area contributed by atoms with Gasteiger partial charge < -0.3 is 22.1 Å². The van der Waals surface area contributed by atoms with Crippen molar-refractivity contribution in [1.82, 2.24) is 10.6 Å². The number of carbonyl (C=O) groups is 2. The second-order valence-corrected chi connectivity index (χ2v) is 6.20. The molecule has 0 bridgehead atoms. The minimum absolute atomic E-state index is 0. The largest absolute Gasteiger partial charge is 0.384 e. The molecule has 0 aliphatic carbocycles. The maximum absolute atomic E-state index is 12.0. The summed E-state index contributed by atoms with van der Waals surface area (Å²) in [6.45, 7) is 0.993. The number of hydrogen-bond acceptors (Lipinski definition) is 4. The molecule has 30 heavy (non-hydrogen) atoms. The summed E-state index contributed by atoms with van der Waals surface area (Å²) in [4.78, 5) is 24.1. The molecule has 2 aromatic rings. The summed E-state index contributed by atoms with van der Waals surface area (Å²) in [6, 6.07) is 13.1. The summed E-state index contributed by atoms with van der Waals surface area (Å²) < 4.78 is 0. The molecule has 0 aliphatic rings. The summed E-state index contributed by atoms with van der Waals surface area (Å²) in [6.07, 6.45) is 1.45. The van der Waals surface area contributed by atoms with Crippen LogP contribution in [0.25, 0.3) is 0 Å². The number of nitrogens with one attached hydrogen (secondary N) is 4. The van der Waals surface area contributed by atoms with Crippen LogP contribution in [0.1, 0.15) is 44.7 Å². The number of hydrogen-bond donors (Lipinski definition) is 6. The summed E-state index contributed by atoms with van der Waals surface area (Å²) in [5.74, 6) is -0.456. The molecule has 0 saturated carbocycles. The highest BCUT2D eigenvalue weighted by molar-refractivity contribution is 5.99. The van der Waals surface area contributed by atoms with Gasteiger partial charge in [0.25, 0.3) is 11.8 Å². The molecule has 0 atom stereocenters. The second-order valence-electron chi connectivity index (χ2n) is 6.20. The van der Waals surface area contributed by atoms with E-state index in [1.165, 1.54) is 0 Å². The number of amides is 2. The first-order valence-corrected chi connectivity index (χ1v) is 8.84. The molecular weight excluding hydrogens is 427 g/mol. The van der Waals surface area contributed by atoms with Crippen LogP contribution in [0.3, 0.4) is 0 Å². The Labute approximate surface area is 187 Å². The average molecular weight is 453 g/mol. The van der Waals surface area contributed by atoms with Crippen LogP contribution in [-0.4, -0.2) is 36.6 Å². The Morgan fingerprint density at radius 1 is 0.633 bits per heavy atom. The maximum atomic E-state index is 12.0. The molecule has 8 N–H and O–H groups in total. The number of halogens is 2. The molecular formula is C20H26Cl2N6O2. The monoisotopic (exact) mass is 452 g/mol. The summed E-state index contributed by atoms with van der Waals surface area (Å²) in [5, 5.41) is 20.3. The van der Waals surface area contributed by atoms with Crippen LogP contribution in [0.15, 0.2) is 48.5 Å². The molecule has 0 heterocycles. The maximum Gasteiger partial charge on any atom is 0.251 e. The van der Waals surface area contributed by atoms with E-state index in [2.05, 4.69) is 10.6 Å². The highest BCUT2D eigenvalue weighted by atomic mass is 35.5. The molecule has 0 aliphatic heterocycles. The molecule has 162 valence electrons. The van der Waals surface area contributed by atoms with Gasteiger partial charge in [0.05, 0.1) is 0 Å². The molecule has 8 nitrogen and oxygen atoms in total. The zero-order valence-electron chi connectivity index (χ0n) is 16.2. The normalized spacial score (nSPS) is 9.47. The van der Waals surface area contributed by atoms with E-state index in [0.29, 0.717) is 35.3 Å². The third-order valence-electron chi connectivity index (χ3n) is 4.09. The fourth-order valence-corrected chi connectivity index (χ4v) is 2.46. The van der Waals surface area contributed by atoms with Gasteiger partial charge in [-0.1, -0.05) is 24.3 Å². The van der Waals surface area contributed by atoms with Gasteiger partial charge in [0.1, 0.15) is 11.7 Å². The van der Waals surface area contributed by atoms with E-state index >= 15 is 0 Å². The van der Waals surface area contributed by atoms with E-state index in [9.17, 15) is 9.59 Å². The van der Waals surface area contributed by atoms with Gasteiger partial charge in [-0.2, -0.15) is 0 Å². The van der Waals surface area contributed by atoms with Crippen LogP contribution in [0.2, 0.25) is 0 Å². The van der Waals surface area contributed by atoms with Crippen molar-refractivity contribution in [3.63, 3.8) is 0 Å². The zero-order valence-corrected chi connectivity index (χ0v) is 17.9. The molecule has 2 amide bonds. The molecule has 2 aromatic carbocycles. The summed E-state index contributed by atoms with van der Waals surface area (Å²) in [5.41, 5.74) is 12.9. The van der Waals surface area contributed by atoms with Crippen molar-refractivity contribution in [2.45, 2.75) is 12.8 Å². The Hall–Kier alpha value is -3.10. The molecule has 0 saturated heterocycles. The Balaban J connectivity index is 0.00000420. The lowest BCUT2D eigenvalue weighted by atomic mass is 10.1. The number of carbonyl (C=O) groups excluding carboxylic acids is 2. The highest BCUT2D eigenvalue weighted by Gasteiger charge is 2.07. The van der Waals surface area contributed by atoms with Crippen molar-refractivity contribution < 1.29 is 9.59 Å². The van der Waals surface area contributed by atoms with Crippen molar-refractivity contribution in [3.05, 3.63) is 70.8 Å². The van der Waals surface area contributed by atoms with E-state index in [0.717, 1.165) is 12.8 Å². The van der Waals surface area contributed by atoms with Gasteiger partial charge in [0, 0.05) is 35.3 Å². The lowest BCUT2D eigenvalue weighted by Crippen LogP contribution is -2.27. The first-order valence-electron chi connectivity index (χ1n) is 8.84. The molecule has 2 rings (SSSR count). The molecule has 10 heteroatoms. The number of amidine groups is 2. The van der Waals surface area contributed by atoms with Crippen LogP contribution in [-0.2, 0) is 0 Å². The number of rotatable bonds is 9. The fourth-order valence-electron chi connectivity index (χ4n) is 2.46. The van der Waals surface area contributed by atoms with Crippen molar-refractivity contribution in [1.29, 1.82) is 10.8 Å². The van der Waals surface area contributed by atoms with Gasteiger partial charge in [-0.25, -0.2) is 0 Å². The van der Waals surface area contributed by atoms with Gasteiger partial charge in [-0.05, 0) is 37.1 Å². The minimum atomic E-state index is -0.190. The third kappa shape index (κ3) is 8.10. The predicted molar refractivity (Wildman–Crippen MR) is 123 cm³/mol. The van der Waals surface area contributed by atoms with E-state index in [4.69, 9.17) is 22.3 Å². The van der Waals surface area contributed by atoms with Crippen molar-refractivity contribution >= 4 is 48.3 Å². The van der Waals surface area contributed by atoms with Gasteiger partial charge in [-0.15, -0.1) is 24.8 Å². The molecule has 0 fully saturated rings. The van der Waals surface area contributed by atoms with E-state index < -0.39 is 0 Å². The smallest absolute Gasteiger partial charge is 0.251 e. The molecule has 0 aromatic heterocycles. The second kappa shape index (κ2) is 13.2. The Kier molecular flexibility index (Phi) is 11.8. The predicted octanol–water partition coefficient (Wildman–Crippen LogP) is 2.04.